The van der Waals surface area contributed by atoms with Gasteiger partial charge in [-0.15, -0.1) is 0 Å². The summed E-state index contributed by atoms with van der Waals surface area (Å²) in [6, 6.07) is 14.2. The van der Waals surface area contributed by atoms with Gasteiger partial charge in [0.05, 0.1) is 18.4 Å². The molecular weight excluding hydrogens is 407 g/mol. The molecule has 0 spiro atoms. The molecule has 0 bridgehead atoms. The van der Waals surface area contributed by atoms with E-state index in [9.17, 15) is 0 Å². The number of nitrogens with zero attached hydrogens (tertiary/aromatic N) is 3. The molecule has 1 aliphatic carbocycles. The lowest BCUT2D eigenvalue weighted by molar-refractivity contribution is 0.630. The highest BCUT2D eigenvalue weighted by molar-refractivity contribution is 8.01. The monoisotopic (exact) mass is 428 g/mol. The van der Waals surface area contributed by atoms with E-state index in [4.69, 9.17) is 0 Å². The molecule has 0 radical (unpaired) electrons. The van der Waals surface area contributed by atoms with Crippen LogP contribution in [0.4, 0.5) is 10.1 Å². The number of aromatic nitrogens is 2. The standard InChI is InChI=1S/C25H21FN4S/c1-15-20-10-22(26)21(18-12-27-29(14-18)13-17-6-4-3-5-7-17)11-23(20)30(19-8-9-19)25-24(15)16(2)28-31-25/h3-7,10-12,14,19,28H,1-2,8-9,13H2. The molecule has 0 atom stereocenters. The Labute approximate surface area is 184 Å². The van der Waals surface area contributed by atoms with Gasteiger partial charge in [-0.2, -0.15) is 5.10 Å². The van der Waals surface area contributed by atoms with Crippen molar-refractivity contribution in [3.8, 4) is 11.1 Å². The summed E-state index contributed by atoms with van der Waals surface area (Å²) >= 11 is 1.57. The second-order valence-corrected chi connectivity index (χ2v) is 9.00. The van der Waals surface area contributed by atoms with Crippen molar-refractivity contribution >= 4 is 23.2 Å². The van der Waals surface area contributed by atoms with Crippen molar-refractivity contribution in [2.75, 3.05) is 4.90 Å². The molecule has 0 amide bonds. The zero-order valence-corrected chi connectivity index (χ0v) is 17.8. The summed E-state index contributed by atoms with van der Waals surface area (Å²) < 4.78 is 20.4. The lowest BCUT2D eigenvalue weighted by atomic mass is 9.90. The van der Waals surface area contributed by atoms with E-state index in [0.717, 1.165) is 57.1 Å². The van der Waals surface area contributed by atoms with Crippen molar-refractivity contribution in [1.29, 1.82) is 0 Å². The summed E-state index contributed by atoms with van der Waals surface area (Å²) in [6.07, 6.45) is 5.93. The zero-order valence-electron chi connectivity index (χ0n) is 16.9. The SMILES string of the molecule is C=C1NSC2=C1C(=C)c1cc(F)c(-c3cnn(Cc4ccccc4)c3)cc1N2C1CC1. The fraction of sp³-hybridized carbons (Fsp3) is 0.160. The van der Waals surface area contributed by atoms with Gasteiger partial charge in [0.15, 0.2) is 0 Å². The predicted octanol–water partition coefficient (Wildman–Crippen LogP) is 5.71. The molecular formula is C25H21FN4S. The molecule has 0 unspecified atom stereocenters. The average molecular weight is 429 g/mol. The summed E-state index contributed by atoms with van der Waals surface area (Å²) in [5, 5.41) is 5.60. The highest BCUT2D eigenvalue weighted by atomic mass is 32.2. The summed E-state index contributed by atoms with van der Waals surface area (Å²) in [5.41, 5.74) is 7.03. The van der Waals surface area contributed by atoms with Gasteiger partial charge in [-0.05, 0) is 36.1 Å². The molecule has 1 saturated carbocycles. The fourth-order valence-corrected chi connectivity index (χ4v) is 5.36. The van der Waals surface area contributed by atoms with Crippen LogP contribution in [0.15, 0.2) is 84.3 Å². The first-order valence-corrected chi connectivity index (χ1v) is 11.2. The van der Waals surface area contributed by atoms with E-state index >= 15 is 4.39 Å². The smallest absolute Gasteiger partial charge is 0.131 e. The minimum atomic E-state index is -0.261. The van der Waals surface area contributed by atoms with Crippen LogP contribution in [0, 0.1) is 5.82 Å². The number of anilines is 1. The topological polar surface area (TPSA) is 33.1 Å². The molecule has 6 heteroatoms. The van der Waals surface area contributed by atoms with Crippen LogP contribution in [0.5, 0.6) is 0 Å². The molecule has 3 heterocycles. The summed E-state index contributed by atoms with van der Waals surface area (Å²) in [6.45, 7) is 9.05. The molecule has 6 rings (SSSR count). The maximum atomic E-state index is 15.3. The summed E-state index contributed by atoms with van der Waals surface area (Å²) in [4.78, 5) is 2.34. The molecule has 4 nitrogen and oxygen atoms in total. The van der Waals surface area contributed by atoms with Crippen LogP contribution >= 0.6 is 11.9 Å². The van der Waals surface area contributed by atoms with Crippen LogP contribution in [0.3, 0.4) is 0 Å². The predicted molar refractivity (Wildman–Crippen MR) is 125 cm³/mol. The van der Waals surface area contributed by atoms with Gasteiger partial charge in [-0.25, -0.2) is 4.39 Å². The first-order chi connectivity index (χ1) is 15.1. The largest absolute Gasteiger partial charge is 0.331 e. The number of benzene rings is 2. The minimum absolute atomic E-state index is 0.261. The number of hydrogen-bond donors (Lipinski definition) is 1. The Morgan fingerprint density at radius 1 is 1.13 bits per heavy atom. The van der Waals surface area contributed by atoms with Crippen molar-refractivity contribution < 1.29 is 4.39 Å². The van der Waals surface area contributed by atoms with Gasteiger partial charge in [0.2, 0.25) is 0 Å². The zero-order chi connectivity index (χ0) is 21.1. The van der Waals surface area contributed by atoms with E-state index in [1.54, 1.807) is 24.2 Å². The number of rotatable bonds is 4. The quantitative estimate of drug-likeness (QED) is 0.540. The van der Waals surface area contributed by atoms with Gasteiger partial charge >= 0.3 is 0 Å². The molecule has 2 aliphatic heterocycles. The number of nitrogens with one attached hydrogen (secondary N) is 1. The van der Waals surface area contributed by atoms with Gasteiger partial charge in [-0.1, -0.05) is 43.5 Å². The van der Waals surface area contributed by atoms with Gasteiger partial charge in [0, 0.05) is 52.1 Å². The van der Waals surface area contributed by atoms with Crippen molar-refractivity contribution in [2.24, 2.45) is 0 Å². The Balaban J connectivity index is 1.41. The van der Waals surface area contributed by atoms with Gasteiger partial charge in [0.25, 0.3) is 0 Å². The molecule has 2 aromatic carbocycles. The number of allylic oxidation sites excluding steroid dienone is 1. The fourth-order valence-electron chi connectivity index (χ4n) is 4.34. The van der Waals surface area contributed by atoms with Crippen LogP contribution in [0.25, 0.3) is 16.7 Å². The van der Waals surface area contributed by atoms with E-state index in [-0.39, 0.29) is 5.82 Å². The highest BCUT2D eigenvalue weighted by Crippen LogP contribution is 2.53. The Morgan fingerprint density at radius 3 is 2.71 bits per heavy atom. The second-order valence-electron chi connectivity index (χ2n) is 8.20. The summed E-state index contributed by atoms with van der Waals surface area (Å²) in [7, 11) is 0. The highest BCUT2D eigenvalue weighted by Gasteiger charge is 2.41. The molecule has 154 valence electrons. The Bertz CT molecular complexity index is 1270. The van der Waals surface area contributed by atoms with Crippen LogP contribution < -0.4 is 9.62 Å². The molecule has 3 aliphatic rings. The third-order valence-electron chi connectivity index (χ3n) is 6.02. The molecule has 31 heavy (non-hydrogen) atoms. The maximum absolute atomic E-state index is 15.3. The van der Waals surface area contributed by atoms with Crippen LogP contribution in [0.2, 0.25) is 0 Å². The van der Waals surface area contributed by atoms with E-state index < -0.39 is 0 Å². The third-order valence-corrected chi connectivity index (χ3v) is 6.96. The third kappa shape index (κ3) is 3.01. The van der Waals surface area contributed by atoms with E-state index in [1.165, 1.54) is 0 Å². The molecule has 1 N–H and O–H groups in total. The van der Waals surface area contributed by atoms with Crippen molar-refractivity contribution in [3.63, 3.8) is 0 Å². The van der Waals surface area contributed by atoms with Gasteiger partial charge in [0.1, 0.15) is 10.8 Å². The first-order valence-electron chi connectivity index (χ1n) is 10.4. The average Bonchev–Trinajstić information content (AvgIpc) is 3.38. The van der Waals surface area contributed by atoms with Crippen molar-refractivity contribution in [2.45, 2.75) is 25.4 Å². The van der Waals surface area contributed by atoms with Crippen LogP contribution in [-0.4, -0.2) is 15.8 Å². The van der Waals surface area contributed by atoms with Crippen LogP contribution in [-0.2, 0) is 6.54 Å². The molecule has 1 aromatic heterocycles. The van der Waals surface area contributed by atoms with E-state index in [2.05, 4.69) is 40.0 Å². The Kier molecular flexibility index (Phi) is 4.11. The van der Waals surface area contributed by atoms with Gasteiger partial charge < -0.3 is 9.62 Å². The lowest BCUT2D eigenvalue weighted by Gasteiger charge is -2.33. The van der Waals surface area contributed by atoms with Crippen molar-refractivity contribution in [3.05, 3.63) is 101 Å². The van der Waals surface area contributed by atoms with Crippen molar-refractivity contribution in [1.82, 2.24) is 14.5 Å². The first kappa shape index (κ1) is 18.5. The number of hydrogen-bond acceptors (Lipinski definition) is 4. The van der Waals surface area contributed by atoms with Crippen LogP contribution in [0.1, 0.15) is 24.0 Å². The second kappa shape index (κ2) is 6.89. The number of halogens is 1. The van der Waals surface area contributed by atoms with Gasteiger partial charge in [-0.3, -0.25) is 4.68 Å². The molecule has 1 fully saturated rings. The summed E-state index contributed by atoms with van der Waals surface area (Å²) in [5.74, 6) is -0.261. The normalized spacial score (nSPS) is 17.6. The minimum Gasteiger partial charge on any atom is -0.331 e. The lowest BCUT2D eigenvalue weighted by Crippen LogP contribution is -2.28. The number of fused-ring (bicyclic) bond motifs is 1. The maximum Gasteiger partial charge on any atom is 0.131 e. The van der Waals surface area contributed by atoms with E-state index in [1.807, 2.05) is 35.1 Å². The molecule has 3 aromatic rings. The van der Waals surface area contributed by atoms with E-state index in [0.29, 0.717) is 18.2 Å². The Hall–Kier alpha value is -3.25. The molecule has 0 saturated heterocycles. The Morgan fingerprint density at radius 2 is 1.94 bits per heavy atom.